The van der Waals surface area contributed by atoms with Gasteiger partial charge in [0.15, 0.2) is 0 Å². The number of carbonyl (C=O) groups is 1. The highest BCUT2D eigenvalue weighted by Crippen LogP contribution is 2.02. The molecule has 140 valence electrons. The van der Waals surface area contributed by atoms with E-state index in [2.05, 4.69) is 29.4 Å². The topological polar surface area (TPSA) is 64.1 Å². The average Bonchev–Trinajstić information content (AvgIpc) is 2.52. The predicted molar refractivity (Wildman–Crippen MR) is 101 cm³/mol. The van der Waals surface area contributed by atoms with E-state index >= 15 is 0 Å². The van der Waals surface area contributed by atoms with E-state index in [0.717, 1.165) is 30.5 Å². The Morgan fingerprint density at radius 1 is 1.29 bits per heavy atom. The van der Waals surface area contributed by atoms with Gasteiger partial charge in [-0.05, 0) is 59.1 Å². The minimum absolute atomic E-state index is 0.0417. The van der Waals surface area contributed by atoms with Crippen molar-refractivity contribution in [3.8, 4) is 0 Å². The van der Waals surface area contributed by atoms with Crippen LogP contribution in [0.25, 0.3) is 0 Å². The van der Waals surface area contributed by atoms with Crippen LogP contribution in [0.5, 0.6) is 0 Å². The third kappa shape index (κ3) is 18.6. The molecule has 1 heterocycles. The summed E-state index contributed by atoms with van der Waals surface area (Å²) >= 11 is 0. The van der Waals surface area contributed by atoms with Crippen LogP contribution in [0.1, 0.15) is 71.6 Å². The first-order valence-corrected chi connectivity index (χ1v) is 8.70. The van der Waals surface area contributed by atoms with Crippen LogP contribution in [-0.4, -0.2) is 35.4 Å². The molecular formula is C19H37N3O2. The molecule has 1 atom stereocenters. The number of hydrogen-bond donors (Lipinski definition) is 1. The lowest BCUT2D eigenvalue weighted by Crippen LogP contribution is -2.26. The van der Waals surface area contributed by atoms with Gasteiger partial charge in [0.2, 0.25) is 6.41 Å². The normalized spacial score (nSPS) is 11.3. The zero-order valence-corrected chi connectivity index (χ0v) is 16.8. The van der Waals surface area contributed by atoms with Crippen LogP contribution in [0.15, 0.2) is 12.3 Å². The van der Waals surface area contributed by atoms with Crippen LogP contribution >= 0.6 is 0 Å². The molecule has 5 nitrogen and oxygen atoms in total. The van der Waals surface area contributed by atoms with Gasteiger partial charge in [-0.15, -0.1) is 0 Å². The lowest BCUT2D eigenvalue weighted by molar-refractivity contribution is -0.110. The van der Waals surface area contributed by atoms with Crippen molar-refractivity contribution in [1.82, 2.24) is 15.5 Å². The van der Waals surface area contributed by atoms with Gasteiger partial charge in [-0.3, -0.25) is 4.79 Å². The summed E-state index contributed by atoms with van der Waals surface area (Å²) in [5, 5.41) is 10.3. The maximum Gasteiger partial charge on any atom is 0.207 e. The summed E-state index contributed by atoms with van der Waals surface area (Å²) < 4.78 is 4.94. The number of amides is 1. The SMILES string of the molecule is CCCCC(CC)NC=O.COC(C)(C)C.Cc1cnnc(C)c1. The fourth-order valence-corrected chi connectivity index (χ4v) is 1.56. The molecule has 0 saturated heterocycles. The molecule has 0 saturated carbocycles. The van der Waals surface area contributed by atoms with Crippen molar-refractivity contribution >= 4 is 6.41 Å². The second-order valence-electron chi connectivity index (χ2n) is 6.72. The van der Waals surface area contributed by atoms with Crippen molar-refractivity contribution < 1.29 is 9.53 Å². The van der Waals surface area contributed by atoms with E-state index < -0.39 is 0 Å². The number of nitrogens with zero attached hydrogens (tertiary/aromatic N) is 2. The second-order valence-corrected chi connectivity index (χ2v) is 6.72. The first-order chi connectivity index (χ1) is 11.2. The van der Waals surface area contributed by atoms with Crippen molar-refractivity contribution in [1.29, 1.82) is 0 Å². The van der Waals surface area contributed by atoms with E-state index in [9.17, 15) is 4.79 Å². The molecule has 0 spiro atoms. The largest absolute Gasteiger partial charge is 0.379 e. The Morgan fingerprint density at radius 3 is 2.17 bits per heavy atom. The monoisotopic (exact) mass is 339 g/mol. The number of nitrogens with one attached hydrogen (secondary N) is 1. The van der Waals surface area contributed by atoms with E-state index in [1.807, 2.05) is 40.7 Å². The van der Waals surface area contributed by atoms with Crippen LogP contribution in [0.3, 0.4) is 0 Å². The molecule has 0 aromatic carbocycles. The Morgan fingerprint density at radius 2 is 1.88 bits per heavy atom. The van der Waals surface area contributed by atoms with Gasteiger partial charge in [0.1, 0.15) is 0 Å². The molecule has 1 amide bonds. The minimum Gasteiger partial charge on any atom is -0.379 e. The third-order valence-electron chi connectivity index (χ3n) is 3.23. The average molecular weight is 340 g/mol. The van der Waals surface area contributed by atoms with Crippen molar-refractivity contribution in [2.24, 2.45) is 0 Å². The van der Waals surface area contributed by atoms with Gasteiger partial charge in [0.05, 0.1) is 17.5 Å². The van der Waals surface area contributed by atoms with Gasteiger partial charge in [-0.25, -0.2) is 0 Å². The summed E-state index contributed by atoms with van der Waals surface area (Å²) in [5.41, 5.74) is 2.18. The fourth-order valence-electron chi connectivity index (χ4n) is 1.56. The summed E-state index contributed by atoms with van der Waals surface area (Å²) in [5.74, 6) is 0. The molecule has 0 aliphatic heterocycles. The van der Waals surface area contributed by atoms with Crippen molar-refractivity contribution in [3.63, 3.8) is 0 Å². The summed E-state index contributed by atoms with van der Waals surface area (Å²) in [6.07, 6.45) is 7.11. The van der Waals surface area contributed by atoms with E-state index in [-0.39, 0.29) is 5.60 Å². The number of ether oxygens (including phenoxy) is 1. The Bertz CT molecular complexity index is 400. The maximum absolute atomic E-state index is 10.0. The van der Waals surface area contributed by atoms with Crippen LogP contribution in [0, 0.1) is 13.8 Å². The molecule has 1 rings (SSSR count). The summed E-state index contributed by atoms with van der Waals surface area (Å²) in [6.45, 7) is 14.2. The second kappa shape index (κ2) is 15.1. The first-order valence-electron chi connectivity index (χ1n) is 8.70. The molecule has 0 aliphatic carbocycles. The zero-order valence-electron chi connectivity index (χ0n) is 16.8. The third-order valence-corrected chi connectivity index (χ3v) is 3.23. The number of carbonyl (C=O) groups excluding carboxylic acids is 1. The summed E-state index contributed by atoms with van der Waals surface area (Å²) in [6, 6.07) is 2.39. The zero-order chi connectivity index (χ0) is 19.0. The molecule has 1 N–H and O–H groups in total. The van der Waals surface area contributed by atoms with Crippen LogP contribution < -0.4 is 5.32 Å². The molecule has 0 fully saturated rings. The highest BCUT2D eigenvalue weighted by molar-refractivity contribution is 5.46. The van der Waals surface area contributed by atoms with Gasteiger partial charge >= 0.3 is 0 Å². The standard InChI is InChI=1S/C8H17NO.C6H8N2.C5H12O/c1-3-5-6-8(4-2)9-7-10;1-5-3-6(2)8-7-4-5;1-5(2,3)6-4/h7-8H,3-6H2,1-2H3,(H,9,10);3-4H,1-2H3;1-4H3. The maximum atomic E-state index is 10.0. The number of rotatable bonds is 6. The van der Waals surface area contributed by atoms with Gasteiger partial charge in [0, 0.05) is 13.2 Å². The smallest absolute Gasteiger partial charge is 0.207 e. The van der Waals surface area contributed by atoms with Gasteiger partial charge in [-0.2, -0.15) is 10.2 Å². The Labute approximate surface area is 148 Å². The molecule has 0 bridgehead atoms. The number of aryl methyl sites for hydroxylation is 2. The quantitative estimate of drug-likeness (QED) is 0.788. The van der Waals surface area contributed by atoms with Crippen molar-refractivity contribution in [2.45, 2.75) is 85.8 Å². The number of methoxy groups -OCH3 is 1. The van der Waals surface area contributed by atoms with E-state index in [1.54, 1.807) is 13.3 Å². The Hall–Kier alpha value is -1.49. The molecule has 0 aliphatic rings. The van der Waals surface area contributed by atoms with E-state index in [0.29, 0.717) is 6.04 Å². The highest BCUT2D eigenvalue weighted by atomic mass is 16.5. The molecule has 5 heteroatoms. The summed E-state index contributed by atoms with van der Waals surface area (Å²) in [4.78, 5) is 10.0. The fraction of sp³-hybridized carbons (Fsp3) is 0.737. The van der Waals surface area contributed by atoms with Crippen LogP contribution in [-0.2, 0) is 9.53 Å². The molecular weight excluding hydrogens is 302 g/mol. The van der Waals surface area contributed by atoms with Gasteiger partial charge in [0.25, 0.3) is 0 Å². The Kier molecular flexibility index (Phi) is 15.5. The van der Waals surface area contributed by atoms with E-state index in [1.165, 1.54) is 12.8 Å². The molecule has 1 aromatic rings. The van der Waals surface area contributed by atoms with Crippen molar-refractivity contribution in [2.75, 3.05) is 7.11 Å². The lowest BCUT2D eigenvalue weighted by Gasteiger charge is -2.14. The predicted octanol–water partition coefficient (Wildman–Crippen LogP) is 4.23. The lowest BCUT2D eigenvalue weighted by atomic mass is 10.1. The molecule has 1 aromatic heterocycles. The first kappa shape index (κ1) is 24.8. The number of aromatic nitrogens is 2. The number of unbranched alkanes of at least 4 members (excludes halogenated alkanes) is 1. The summed E-state index contributed by atoms with van der Waals surface area (Å²) in [7, 11) is 1.71. The van der Waals surface area contributed by atoms with Gasteiger partial charge in [-0.1, -0.05) is 26.7 Å². The van der Waals surface area contributed by atoms with Gasteiger partial charge < -0.3 is 10.1 Å². The number of hydrogen-bond acceptors (Lipinski definition) is 4. The van der Waals surface area contributed by atoms with Crippen molar-refractivity contribution in [3.05, 3.63) is 23.5 Å². The molecule has 0 radical (unpaired) electrons. The molecule has 24 heavy (non-hydrogen) atoms. The molecule has 1 unspecified atom stereocenters. The van der Waals surface area contributed by atoms with Crippen LogP contribution in [0.4, 0.5) is 0 Å². The highest BCUT2D eigenvalue weighted by Gasteiger charge is 2.04. The van der Waals surface area contributed by atoms with Crippen LogP contribution in [0.2, 0.25) is 0 Å². The Balaban J connectivity index is 0. The van der Waals surface area contributed by atoms with E-state index in [4.69, 9.17) is 4.74 Å². The minimum atomic E-state index is 0.0417.